The molecule has 0 saturated carbocycles. The minimum atomic E-state index is -0.931. The van der Waals surface area contributed by atoms with Crippen LogP contribution in [-0.2, 0) is 11.8 Å². The number of aromatic nitrogens is 3. The summed E-state index contributed by atoms with van der Waals surface area (Å²) in [5, 5.41) is 8.10. The number of carbonyl (C=O) groups excluding carboxylic acids is 1. The number of anilines is 1. The summed E-state index contributed by atoms with van der Waals surface area (Å²) in [6.45, 7) is 1.75. The van der Waals surface area contributed by atoms with Gasteiger partial charge in [-0.2, -0.15) is 0 Å². The van der Waals surface area contributed by atoms with Crippen LogP contribution >= 0.6 is 11.8 Å². The number of rotatable bonds is 5. The van der Waals surface area contributed by atoms with Gasteiger partial charge in [0.2, 0.25) is 11.9 Å². The van der Waals surface area contributed by atoms with Crippen LogP contribution in [0.1, 0.15) is 18.5 Å². The van der Waals surface area contributed by atoms with Gasteiger partial charge in [0.25, 0.3) is 0 Å². The third-order valence-electron chi connectivity index (χ3n) is 3.59. The molecule has 23 heavy (non-hydrogen) atoms. The summed E-state index contributed by atoms with van der Waals surface area (Å²) >= 11 is 1.21. The Morgan fingerprint density at radius 3 is 2.65 bits per heavy atom. The number of nitrogen functional groups attached to an aromatic ring is 1. The van der Waals surface area contributed by atoms with Crippen molar-refractivity contribution < 1.29 is 13.6 Å². The lowest BCUT2D eigenvalue weighted by Gasteiger charge is -2.25. The molecule has 6 nitrogen and oxygen atoms in total. The third kappa shape index (κ3) is 3.79. The zero-order chi connectivity index (χ0) is 17.1. The number of nitrogens with zero attached hydrogens (tertiary/aromatic N) is 4. The SMILES string of the molecule is C[C@H](c1ccc(F)c(F)c1)N(C)C(=O)CSc1nnc(N)n1C. The fourth-order valence-electron chi connectivity index (χ4n) is 1.89. The van der Waals surface area contributed by atoms with E-state index in [0.29, 0.717) is 10.7 Å². The van der Waals surface area contributed by atoms with Crippen molar-refractivity contribution in [1.82, 2.24) is 19.7 Å². The molecule has 2 aromatic rings. The molecule has 0 saturated heterocycles. The van der Waals surface area contributed by atoms with Gasteiger partial charge in [0.05, 0.1) is 11.8 Å². The lowest BCUT2D eigenvalue weighted by molar-refractivity contribution is -0.128. The number of benzene rings is 1. The Labute approximate surface area is 136 Å². The Bertz CT molecular complexity index is 721. The largest absolute Gasteiger partial charge is 0.368 e. The van der Waals surface area contributed by atoms with E-state index in [1.807, 2.05) is 0 Å². The van der Waals surface area contributed by atoms with E-state index in [9.17, 15) is 13.6 Å². The minimum absolute atomic E-state index is 0.135. The lowest BCUT2D eigenvalue weighted by atomic mass is 10.1. The Hall–Kier alpha value is -2.16. The van der Waals surface area contributed by atoms with Crippen molar-refractivity contribution in [1.29, 1.82) is 0 Å². The van der Waals surface area contributed by atoms with Crippen molar-refractivity contribution in [2.45, 2.75) is 18.1 Å². The molecule has 0 unspecified atom stereocenters. The van der Waals surface area contributed by atoms with Crippen LogP contribution in [0.3, 0.4) is 0 Å². The Morgan fingerprint density at radius 2 is 2.09 bits per heavy atom. The van der Waals surface area contributed by atoms with Crippen LogP contribution in [0.25, 0.3) is 0 Å². The van der Waals surface area contributed by atoms with Gasteiger partial charge in [0.1, 0.15) is 0 Å². The molecule has 0 aliphatic rings. The molecular formula is C14H17F2N5OS. The smallest absolute Gasteiger partial charge is 0.233 e. The highest BCUT2D eigenvalue weighted by Gasteiger charge is 2.19. The molecule has 124 valence electrons. The topological polar surface area (TPSA) is 77.0 Å². The van der Waals surface area contributed by atoms with Crippen LogP contribution in [-0.4, -0.2) is 38.4 Å². The second kappa shape index (κ2) is 6.95. The Morgan fingerprint density at radius 1 is 1.39 bits per heavy atom. The molecule has 0 spiro atoms. The molecular weight excluding hydrogens is 324 g/mol. The predicted molar refractivity (Wildman–Crippen MR) is 83.7 cm³/mol. The number of halogens is 2. The minimum Gasteiger partial charge on any atom is -0.368 e. The Kier molecular flexibility index (Phi) is 5.19. The van der Waals surface area contributed by atoms with Gasteiger partial charge in [-0.15, -0.1) is 10.2 Å². The molecule has 9 heteroatoms. The van der Waals surface area contributed by atoms with Gasteiger partial charge in [0.15, 0.2) is 16.8 Å². The fraction of sp³-hybridized carbons (Fsp3) is 0.357. The molecule has 0 radical (unpaired) electrons. The van der Waals surface area contributed by atoms with E-state index in [0.717, 1.165) is 12.1 Å². The van der Waals surface area contributed by atoms with E-state index < -0.39 is 11.6 Å². The first-order valence-corrected chi connectivity index (χ1v) is 7.78. The molecule has 1 aromatic carbocycles. The quantitative estimate of drug-likeness (QED) is 0.842. The van der Waals surface area contributed by atoms with Gasteiger partial charge in [0, 0.05) is 14.1 Å². The first-order valence-electron chi connectivity index (χ1n) is 6.79. The molecule has 1 atom stereocenters. The molecule has 0 aliphatic heterocycles. The van der Waals surface area contributed by atoms with E-state index >= 15 is 0 Å². The van der Waals surface area contributed by atoms with E-state index in [-0.39, 0.29) is 23.7 Å². The molecule has 0 fully saturated rings. The molecule has 1 amide bonds. The van der Waals surface area contributed by atoms with Gasteiger partial charge in [-0.25, -0.2) is 8.78 Å². The molecule has 1 aromatic heterocycles. The van der Waals surface area contributed by atoms with Crippen molar-refractivity contribution in [3.05, 3.63) is 35.4 Å². The monoisotopic (exact) mass is 341 g/mol. The molecule has 2 rings (SSSR count). The highest BCUT2D eigenvalue weighted by Crippen LogP contribution is 2.23. The highest BCUT2D eigenvalue weighted by atomic mass is 32.2. The van der Waals surface area contributed by atoms with Gasteiger partial charge in [-0.05, 0) is 24.6 Å². The zero-order valence-electron chi connectivity index (χ0n) is 13.0. The maximum Gasteiger partial charge on any atom is 0.233 e. The van der Waals surface area contributed by atoms with Crippen LogP contribution in [0.5, 0.6) is 0 Å². The van der Waals surface area contributed by atoms with Crippen molar-refractivity contribution in [2.75, 3.05) is 18.5 Å². The third-order valence-corrected chi connectivity index (χ3v) is 4.60. The summed E-state index contributed by atoms with van der Waals surface area (Å²) in [6, 6.07) is 3.23. The average molecular weight is 341 g/mol. The van der Waals surface area contributed by atoms with Crippen LogP contribution in [0.15, 0.2) is 23.4 Å². The molecule has 2 N–H and O–H groups in total. The van der Waals surface area contributed by atoms with Crippen LogP contribution in [0, 0.1) is 11.6 Å². The maximum atomic E-state index is 13.3. The van der Waals surface area contributed by atoms with E-state index in [1.54, 1.807) is 25.6 Å². The lowest BCUT2D eigenvalue weighted by Crippen LogP contribution is -2.31. The van der Waals surface area contributed by atoms with Crippen molar-refractivity contribution in [3.63, 3.8) is 0 Å². The van der Waals surface area contributed by atoms with Crippen LogP contribution in [0.4, 0.5) is 14.7 Å². The van der Waals surface area contributed by atoms with Gasteiger partial charge >= 0.3 is 0 Å². The van der Waals surface area contributed by atoms with Gasteiger partial charge < -0.3 is 10.6 Å². The molecule has 0 bridgehead atoms. The molecule has 1 heterocycles. The zero-order valence-corrected chi connectivity index (χ0v) is 13.8. The first-order chi connectivity index (χ1) is 10.8. The number of thioether (sulfide) groups is 1. The number of nitrogens with two attached hydrogens (primary N) is 1. The Balaban J connectivity index is 2.00. The number of amides is 1. The summed E-state index contributed by atoms with van der Waals surface area (Å²) in [7, 11) is 3.32. The van der Waals surface area contributed by atoms with E-state index in [1.165, 1.54) is 22.7 Å². The second-order valence-electron chi connectivity index (χ2n) is 5.04. The summed E-state index contributed by atoms with van der Waals surface area (Å²) < 4.78 is 27.9. The number of carbonyl (C=O) groups is 1. The predicted octanol–water partition coefficient (Wildman–Crippen LogP) is 1.99. The summed E-state index contributed by atoms with van der Waals surface area (Å²) in [4.78, 5) is 13.7. The number of hydrogen-bond acceptors (Lipinski definition) is 5. The van der Waals surface area contributed by atoms with Crippen molar-refractivity contribution >= 4 is 23.6 Å². The van der Waals surface area contributed by atoms with Gasteiger partial charge in [-0.1, -0.05) is 17.8 Å². The van der Waals surface area contributed by atoms with Gasteiger partial charge in [-0.3, -0.25) is 9.36 Å². The molecule has 0 aliphatic carbocycles. The number of hydrogen-bond donors (Lipinski definition) is 1. The van der Waals surface area contributed by atoms with Crippen molar-refractivity contribution in [3.8, 4) is 0 Å². The van der Waals surface area contributed by atoms with Crippen molar-refractivity contribution in [2.24, 2.45) is 7.05 Å². The summed E-state index contributed by atoms with van der Waals surface area (Å²) in [6.07, 6.45) is 0. The normalized spacial score (nSPS) is 12.2. The summed E-state index contributed by atoms with van der Waals surface area (Å²) in [5.41, 5.74) is 6.09. The first kappa shape index (κ1) is 17.2. The average Bonchev–Trinajstić information content (AvgIpc) is 2.85. The summed E-state index contributed by atoms with van der Waals surface area (Å²) in [5.74, 6) is -1.61. The van der Waals surface area contributed by atoms with Crippen LogP contribution in [0.2, 0.25) is 0 Å². The van der Waals surface area contributed by atoms with Crippen LogP contribution < -0.4 is 5.73 Å². The fourth-order valence-corrected chi connectivity index (χ4v) is 2.73. The highest BCUT2D eigenvalue weighted by molar-refractivity contribution is 7.99. The second-order valence-corrected chi connectivity index (χ2v) is 5.99. The standard InChI is InChI=1S/C14H17F2N5OS/c1-8(9-4-5-10(15)11(16)6-9)20(2)12(22)7-23-14-19-18-13(17)21(14)3/h4-6,8H,7H2,1-3H3,(H2,17,18)/t8-/m1/s1. The maximum absolute atomic E-state index is 13.3. The van der Waals surface area contributed by atoms with E-state index in [4.69, 9.17) is 5.73 Å². The van der Waals surface area contributed by atoms with E-state index in [2.05, 4.69) is 10.2 Å².